The molecule has 0 aliphatic heterocycles. The van der Waals surface area contributed by atoms with Crippen molar-refractivity contribution in [2.45, 2.75) is 65.0 Å². The van der Waals surface area contributed by atoms with Gasteiger partial charge >= 0.3 is 0 Å². The van der Waals surface area contributed by atoms with Crippen LogP contribution >= 0.6 is 0 Å². The lowest BCUT2D eigenvalue weighted by Crippen LogP contribution is -2.39. The van der Waals surface area contributed by atoms with Gasteiger partial charge in [-0.05, 0) is 25.8 Å². The summed E-state index contributed by atoms with van der Waals surface area (Å²) in [4.78, 5) is 12.1. The van der Waals surface area contributed by atoms with Gasteiger partial charge in [-0.2, -0.15) is 0 Å². The Morgan fingerprint density at radius 3 is 2.45 bits per heavy atom. The molecule has 1 aromatic rings. The van der Waals surface area contributed by atoms with Crippen molar-refractivity contribution in [1.29, 1.82) is 0 Å². The SMILES string of the molecule is CCCCCCC(C)NC(=O)C(N)c1ccc(C)cc1. The topological polar surface area (TPSA) is 55.1 Å². The molecule has 3 heteroatoms. The van der Waals surface area contributed by atoms with Crippen molar-refractivity contribution >= 4 is 5.91 Å². The van der Waals surface area contributed by atoms with Crippen molar-refractivity contribution in [2.24, 2.45) is 5.73 Å². The molecule has 1 rings (SSSR count). The highest BCUT2D eigenvalue weighted by atomic mass is 16.2. The molecule has 1 aromatic carbocycles. The third-order valence-corrected chi connectivity index (χ3v) is 3.60. The normalized spacial score (nSPS) is 13.8. The second-order valence-corrected chi connectivity index (χ2v) is 5.65. The molecule has 3 nitrogen and oxygen atoms in total. The molecular weight excluding hydrogens is 248 g/mol. The molecule has 112 valence electrons. The Kier molecular flexibility index (Phi) is 7.31. The van der Waals surface area contributed by atoms with Crippen LogP contribution in [-0.2, 0) is 4.79 Å². The fourth-order valence-electron chi connectivity index (χ4n) is 2.21. The van der Waals surface area contributed by atoms with Crippen molar-refractivity contribution in [2.75, 3.05) is 0 Å². The molecule has 20 heavy (non-hydrogen) atoms. The quantitative estimate of drug-likeness (QED) is 0.714. The molecular formula is C17H28N2O. The molecule has 0 spiro atoms. The minimum Gasteiger partial charge on any atom is -0.352 e. The van der Waals surface area contributed by atoms with Crippen molar-refractivity contribution in [3.63, 3.8) is 0 Å². The van der Waals surface area contributed by atoms with Gasteiger partial charge in [0.05, 0.1) is 0 Å². The first-order valence-electron chi connectivity index (χ1n) is 7.67. The molecule has 2 atom stereocenters. The molecule has 0 aliphatic carbocycles. The summed E-state index contributed by atoms with van der Waals surface area (Å²) in [6, 6.07) is 7.43. The van der Waals surface area contributed by atoms with E-state index in [0.717, 1.165) is 18.4 Å². The molecule has 0 bridgehead atoms. The molecule has 0 fully saturated rings. The average molecular weight is 276 g/mol. The lowest BCUT2D eigenvalue weighted by atomic mass is 10.0. The van der Waals surface area contributed by atoms with Gasteiger partial charge in [0.2, 0.25) is 5.91 Å². The second-order valence-electron chi connectivity index (χ2n) is 5.65. The summed E-state index contributed by atoms with van der Waals surface area (Å²) in [5.41, 5.74) is 8.04. The van der Waals surface area contributed by atoms with Crippen LogP contribution in [0, 0.1) is 6.92 Å². The highest BCUT2D eigenvalue weighted by molar-refractivity contribution is 5.83. The van der Waals surface area contributed by atoms with E-state index >= 15 is 0 Å². The van der Waals surface area contributed by atoms with Crippen LogP contribution in [0.5, 0.6) is 0 Å². The fraction of sp³-hybridized carbons (Fsp3) is 0.588. The van der Waals surface area contributed by atoms with E-state index in [2.05, 4.69) is 12.2 Å². The number of aryl methyl sites for hydroxylation is 1. The van der Waals surface area contributed by atoms with Gasteiger partial charge in [0.15, 0.2) is 0 Å². The number of carbonyl (C=O) groups is 1. The molecule has 0 heterocycles. The van der Waals surface area contributed by atoms with E-state index in [1.807, 2.05) is 38.1 Å². The molecule has 3 N–H and O–H groups in total. The van der Waals surface area contributed by atoms with E-state index < -0.39 is 6.04 Å². The first-order valence-corrected chi connectivity index (χ1v) is 7.67. The largest absolute Gasteiger partial charge is 0.352 e. The first-order chi connectivity index (χ1) is 9.54. The molecule has 2 unspecified atom stereocenters. The number of rotatable bonds is 8. The van der Waals surface area contributed by atoms with Gasteiger partial charge in [0.25, 0.3) is 0 Å². The molecule has 0 aliphatic rings. The van der Waals surface area contributed by atoms with E-state index in [9.17, 15) is 4.79 Å². The maximum absolute atomic E-state index is 12.1. The Balaban J connectivity index is 2.39. The Hall–Kier alpha value is -1.35. The number of hydrogen-bond acceptors (Lipinski definition) is 2. The molecule has 0 saturated heterocycles. The average Bonchev–Trinajstić information content (AvgIpc) is 2.43. The molecule has 0 aromatic heterocycles. The number of unbranched alkanes of at least 4 members (excludes halogenated alkanes) is 3. The summed E-state index contributed by atoms with van der Waals surface area (Å²) in [7, 11) is 0. The van der Waals surface area contributed by atoms with Crippen LogP contribution in [0.3, 0.4) is 0 Å². The van der Waals surface area contributed by atoms with Crippen LogP contribution in [0.2, 0.25) is 0 Å². The number of hydrogen-bond donors (Lipinski definition) is 2. The molecule has 0 saturated carbocycles. The van der Waals surface area contributed by atoms with E-state index in [1.54, 1.807) is 0 Å². The minimum absolute atomic E-state index is 0.0863. The van der Waals surface area contributed by atoms with Crippen LogP contribution in [0.4, 0.5) is 0 Å². The lowest BCUT2D eigenvalue weighted by Gasteiger charge is -2.18. The minimum atomic E-state index is -0.575. The zero-order chi connectivity index (χ0) is 15.0. The summed E-state index contributed by atoms with van der Waals surface area (Å²) in [5.74, 6) is -0.0863. The number of nitrogens with two attached hydrogens (primary N) is 1. The summed E-state index contributed by atoms with van der Waals surface area (Å²) in [6.45, 7) is 6.27. The van der Waals surface area contributed by atoms with E-state index in [-0.39, 0.29) is 11.9 Å². The van der Waals surface area contributed by atoms with Crippen molar-refractivity contribution in [3.8, 4) is 0 Å². The molecule has 1 amide bonds. The Labute approximate surface area is 122 Å². The third kappa shape index (κ3) is 5.74. The van der Waals surface area contributed by atoms with Crippen LogP contribution in [-0.4, -0.2) is 11.9 Å². The van der Waals surface area contributed by atoms with Gasteiger partial charge in [-0.25, -0.2) is 0 Å². The maximum atomic E-state index is 12.1. The monoisotopic (exact) mass is 276 g/mol. The first kappa shape index (κ1) is 16.7. The number of benzene rings is 1. The van der Waals surface area contributed by atoms with Gasteiger partial charge < -0.3 is 11.1 Å². The Morgan fingerprint density at radius 2 is 1.85 bits per heavy atom. The number of carbonyl (C=O) groups excluding carboxylic acids is 1. The highest BCUT2D eigenvalue weighted by Gasteiger charge is 2.17. The van der Waals surface area contributed by atoms with Crippen molar-refractivity contribution in [3.05, 3.63) is 35.4 Å². The third-order valence-electron chi connectivity index (χ3n) is 3.60. The number of nitrogens with one attached hydrogen (secondary N) is 1. The second kappa shape index (κ2) is 8.75. The van der Waals surface area contributed by atoms with Crippen LogP contribution in [0.1, 0.15) is 63.1 Å². The van der Waals surface area contributed by atoms with Crippen LogP contribution in [0.15, 0.2) is 24.3 Å². The fourth-order valence-corrected chi connectivity index (χ4v) is 2.21. The zero-order valence-electron chi connectivity index (χ0n) is 13.0. The van der Waals surface area contributed by atoms with Gasteiger partial charge in [-0.3, -0.25) is 4.79 Å². The summed E-state index contributed by atoms with van der Waals surface area (Å²) in [5, 5.41) is 3.01. The summed E-state index contributed by atoms with van der Waals surface area (Å²) >= 11 is 0. The summed E-state index contributed by atoms with van der Waals surface area (Å²) < 4.78 is 0. The zero-order valence-corrected chi connectivity index (χ0v) is 13.0. The van der Waals surface area contributed by atoms with Gasteiger partial charge in [0, 0.05) is 6.04 Å². The van der Waals surface area contributed by atoms with E-state index in [0.29, 0.717) is 0 Å². The lowest BCUT2D eigenvalue weighted by molar-refractivity contribution is -0.123. The predicted octanol–water partition coefficient (Wildman–Crippen LogP) is 3.47. The smallest absolute Gasteiger partial charge is 0.241 e. The summed E-state index contributed by atoms with van der Waals surface area (Å²) in [6.07, 6.45) is 5.92. The predicted molar refractivity (Wildman–Crippen MR) is 84.5 cm³/mol. The van der Waals surface area contributed by atoms with Gasteiger partial charge in [0.1, 0.15) is 6.04 Å². The van der Waals surface area contributed by atoms with Crippen molar-refractivity contribution in [1.82, 2.24) is 5.32 Å². The van der Waals surface area contributed by atoms with Crippen LogP contribution in [0.25, 0.3) is 0 Å². The van der Waals surface area contributed by atoms with Crippen molar-refractivity contribution < 1.29 is 4.79 Å². The maximum Gasteiger partial charge on any atom is 0.241 e. The standard InChI is InChI=1S/C17H28N2O/c1-4-5-6-7-8-14(3)19-17(20)16(18)15-11-9-13(2)10-12-15/h9-12,14,16H,4-8,18H2,1-3H3,(H,19,20). The van der Waals surface area contributed by atoms with E-state index in [4.69, 9.17) is 5.73 Å². The number of amides is 1. The highest BCUT2D eigenvalue weighted by Crippen LogP contribution is 2.12. The van der Waals surface area contributed by atoms with E-state index in [1.165, 1.54) is 24.8 Å². The molecule has 0 radical (unpaired) electrons. The Morgan fingerprint density at radius 1 is 1.20 bits per heavy atom. The van der Waals surface area contributed by atoms with Crippen LogP contribution < -0.4 is 11.1 Å². The van der Waals surface area contributed by atoms with Gasteiger partial charge in [-0.1, -0.05) is 62.4 Å². The Bertz CT molecular complexity index is 400. The van der Waals surface area contributed by atoms with Gasteiger partial charge in [-0.15, -0.1) is 0 Å².